The van der Waals surface area contributed by atoms with E-state index in [0.717, 1.165) is 6.42 Å². The van der Waals surface area contributed by atoms with Crippen LogP contribution >= 0.6 is 0 Å². The highest BCUT2D eigenvalue weighted by Crippen LogP contribution is 2.33. The number of aliphatic hydroxyl groups excluding tert-OH is 2. The summed E-state index contributed by atoms with van der Waals surface area (Å²) in [6, 6.07) is 0. The average Bonchev–Trinajstić information content (AvgIpc) is 2.88. The van der Waals surface area contributed by atoms with E-state index in [9.17, 15) is 19.8 Å². The Balaban J connectivity index is 2.48. The Hall–Kier alpha value is -1.98. The molecule has 1 aliphatic carbocycles. The molecule has 0 unspecified atom stereocenters. The van der Waals surface area contributed by atoms with Crippen LogP contribution in [0.2, 0.25) is 0 Å². The molecule has 0 radical (unpaired) electrons. The SMILES string of the molecule is CC/C=C\C[C@@H](O)/C=C/[C@H]1[C@H](O)CC(=O)[C@H]1C/C=C\C/C=C\CCC(=O)O. The Morgan fingerprint density at radius 1 is 1.19 bits per heavy atom. The number of rotatable bonds is 12. The molecule has 1 fully saturated rings. The van der Waals surface area contributed by atoms with Crippen molar-refractivity contribution in [1.29, 1.82) is 0 Å². The van der Waals surface area contributed by atoms with E-state index in [1.54, 1.807) is 12.2 Å². The van der Waals surface area contributed by atoms with E-state index < -0.39 is 18.2 Å². The van der Waals surface area contributed by atoms with Crippen molar-refractivity contribution >= 4 is 11.8 Å². The summed E-state index contributed by atoms with van der Waals surface area (Å²) in [5.74, 6) is -1.28. The highest BCUT2D eigenvalue weighted by Gasteiger charge is 2.39. The molecule has 27 heavy (non-hydrogen) atoms. The summed E-state index contributed by atoms with van der Waals surface area (Å²) in [5.41, 5.74) is 0. The van der Waals surface area contributed by atoms with Crippen molar-refractivity contribution < 1.29 is 24.9 Å². The third kappa shape index (κ3) is 9.50. The maximum Gasteiger partial charge on any atom is 0.303 e. The van der Waals surface area contributed by atoms with E-state index in [1.165, 1.54) is 0 Å². The van der Waals surface area contributed by atoms with E-state index in [2.05, 4.69) is 0 Å². The zero-order valence-electron chi connectivity index (χ0n) is 16.0. The quantitative estimate of drug-likeness (QED) is 0.453. The van der Waals surface area contributed by atoms with Gasteiger partial charge in [-0.15, -0.1) is 0 Å². The zero-order chi connectivity index (χ0) is 20.1. The number of allylic oxidation sites excluding steroid dienone is 5. The van der Waals surface area contributed by atoms with Gasteiger partial charge in [0.05, 0.1) is 12.2 Å². The molecule has 1 aliphatic rings. The topological polar surface area (TPSA) is 94.8 Å². The van der Waals surface area contributed by atoms with Crippen molar-refractivity contribution in [3.63, 3.8) is 0 Å². The number of carboxylic acid groups (broad SMARTS) is 1. The molecule has 0 heterocycles. The largest absolute Gasteiger partial charge is 0.481 e. The summed E-state index contributed by atoms with van der Waals surface area (Å²) in [4.78, 5) is 22.6. The van der Waals surface area contributed by atoms with Crippen molar-refractivity contribution in [2.75, 3.05) is 0 Å². The van der Waals surface area contributed by atoms with Crippen LogP contribution in [-0.2, 0) is 9.59 Å². The summed E-state index contributed by atoms with van der Waals surface area (Å²) in [6.45, 7) is 2.03. The molecule has 5 heteroatoms. The Labute approximate surface area is 161 Å². The second kappa shape index (κ2) is 13.2. The van der Waals surface area contributed by atoms with Crippen molar-refractivity contribution in [3.8, 4) is 0 Å². The number of aliphatic hydroxyl groups is 2. The van der Waals surface area contributed by atoms with Crippen molar-refractivity contribution in [1.82, 2.24) is 0 Å². The number of hydrogen-bond acceptors (Lipinski definition) is 4. The monoisotopic (exact) mass is 376 g/mol. The van der Waals surface area contributed by atoms with Gasteiger partial charge in [-0.05, 0) is 32.1 Å². The Kier molecular flexibility index (Phi) is 11.3. The van der Waals surface area contributed by atoms with Crippen LogP contribution in [0, 0.1) is 11.8 Å². The zero-order valence-corrected chi connectivity index (χ0v) is 16.0. The Bertz CT molecular complexity index is 573. The molecule has 1 saturated carbocycles. The summed E-state index contributed by atoms with van der Waals surface area (Å²) in [6.07, 6.45) is 17.2. The molecule has 3 N–H and O–H groups in total. The van der Waals surface area contributed by atoms with Gasteiger partial charge >= 0.3 is 5.97 Å². The second-order valence-electron chi connectivity index (χ2n) is 6.84. The molecule has 0 amide bonds. The predicted molar refractivity (Wildman–Crippen MR) is 106 cm³/mol. The summed E-state index contributed by atoms with van der Waals surface area (Å²) < 4.78 is 0. The van der Waals surface area contributed by atoms with Crippen LogP contribution in [-0.4, -0.2) is 39.3 Å². The minimum atomic E-state index is -0.806. The van der Waals surface area contributed by atoms with E-state index >= 15 is 0 Å². The standard InChI is InChI=1S/C22H32O5/c1-2-3-8-11-17(23)14-15-19-18(20(24)16-21(19)25)12-9-6-4-5-7-10-13-22(26)27/h3,5-9,14-15,17-19,21,23,25H,2,4,10-13,16H2,1H3,(H,26,27)/b7-5-,8-3-,9-6-,15-14+/t17-,18+,19-,21-/m1/s1. The molecular weight excluding hydrogens is 344 g/mol. The smallest absolute Gasteiger partial charge is 0.303 e. The van der Waals surface area contributed by atoms with Crippen LogP contribution in [0.25, 0.3) is 0 Å². The normalized spacial score (nSPS) is 24.9. The van der Waals surface area contributed by atoms with E-state index in [0.29, 0.717) is 25.7 Å². The Morgan fingerprint density at radius 2 is 1.93 bits per heavy atom. The van der Waals surface area contributed by atoms with Gasteiger partial charge in [-0.1, -0.05) is 55.5 Å². The minimum absolute atomic E-state index is 0.0548. The molecular formula is C22H32O5. The molecule has 1 rings (SSSR count). The van der Waals surface area contributed by atoms with E-state index in [1.807, 2.05) is 43.4 Å². The molecule has 5 nitrogen and oxygen atoms in total. The van der Waals surface area contributed by atoms with Gasteiger partial charge in [0.25, 0.3) is 0 Å². The van der Waals surface area contributed by atoms with E-state index in [4.69, 9.17) is 5.11 Å². The summed E-state index contributed by atoms with van der Waals surface area (Å²) >= 11 is 0. The van der Waals surface area contributed by atoms with Crippen LogP contribution in [0.3, 0.4) is 0 Å². The third-order valence-electron chi connectivity index (χ3n) is 4.59. The van der Waals surface area contributed by atoms with E-state index in [-0.39, 0.29) is 30.5 Å². The van der Waals surface area contributed by atoms with Gasteiger partial charge in [0.2, 0.25) is 0 Å². The fourth-order valence-corrected chi connectivity index (χ4v) is 3.10. The third-order valence-corrected chi connectivity index (χ3v) is 4.59. The molecule has 150 valence electrons. The number of ketones is 1. The van der Waals surface area contributed by atoms with Gasteiger partial charge < -0.3 is 15.3 Å². The number of hydrogen-bond donors (Lipinski definition) is 3. The van der Waals surface area contributed by atoms with Gasteiger partial charge in [0.1, 0.15) is 5.78 Å². The molecule has 0 bridgehead atoms. The molecule has 0 saturated heterocycles. The first-order valence-electron chi connectivity index (χ1n) is 9.69. The van der Waals surface area contributed by atoms with Crippen molar-refractivity contribution in [2.24, 2.45) is 11.8 Å². The first-order valence-corrected chi connectivity index (χ1v) is 9.69. The van der Waals surface area contributed by atoms with Gasteiger partial charge in [-0.25, -0.2) is 0 Å². The summed E-state index contributed by atoms with van der Waals surface area (Å²) in [7, 11) is 0. The highest BCUT2D eigenvalue weighted by atomic mass is 16.4. The molecule has 0 aromatic heterocycles. The highest BCUT2D eigenvalue weighted by molar-refractivity contribution is 5.84. The molecule has 0 aromatic carbocycles. The molecule has 0 aromatic rings. The molecule has 4 atom stereocenters. The second-order valence-corrected chi connectivity index (χ2v) is 6.84. The van der Waals surface area contributed by atoms with Gasteiger partial charge in [0.15, 0.2) is 0 Å². The number of carboxylic acids is 1. The van der Waals surface area contributed by atoms with Crippen molar-refractivity contribution in [2.45, 2.75) is 64.1 Å². The first-order chi connectivity index (χ1) is 13.0. The summed E-state index contributed by atoms with van der Waals surface area (Å²) in [5, 5.41) is 28.7. The molecule has 0 aliphatic heterocycles. The lowest BCUT2D eigenvalue weighted by Gasteiger charge is -2.16. The van der Waals surface area contributed by atoms with Gasteiger partial charge in [-0.2, -0.15) is 0 Å². The lowest BCUT2D eigenvalue weighted by Crippen LogP contribution is -2.18. The fourth-order valence-electron chi connectivity index (χ4n) is 3.10. The predicted octanol–water partition coefficient (Wildman–Crippen LogP) is 3.58. The van der Waals surface area contributed by atoms with Crippen molar-refractivity contribution in [3.05, 3.63) is 48.6 Å². The maximum absolute atomic E-state index is 12.1. The lowest BCUT2D eigenvalue weighted by molar-refractivity contribution is -0.136. The number of carbonyl (C=O) groups is 2. The first kappa shape index (κ1) is 23.1. The van der Waals surface area contributed by atoms with Crippen LogP contribution in [0.15, 0.2) is 48.6 Å². The van der Waals surface area contributed by atoms with Crippen LogP contribution < -0.4 is 0 Å². The average molecular weight is 376 g/mol. The Morgan fingerprint density at radius 3 is 2.63 bits per heavy atom. The number of Topliss-reactive ketones (excluding diaryl/α,β-unsaturated/α-hetero) is 1. The van der Waals surface area contributed by atoms with Crippen LogP contribution in [0.5, 0.6) is 0 Å². The van der Waals surface area contributed by atoms with Crippen LogP contribution in [0.4, 0.5) is 0 Å². The van der Waals surface area contributed by atoms with Gasteiger partial charge in [0, 0.05) is 24.7 Å². The fraction of sp³-hybridized carbons (Fsp3) is 0.545. The maximum atomic E-state index is 12.1. The van der Waals surface area contributed by atoms with Crippen LogP contribution in [0.1, 0.15) is 51.9 Å². The van der Waals surface area contributed by atoms with Gasteiger partial charge in [-0.3, -0.25) is 9.59 Å². The number of aliphatic carboxylic acids is 1. The number of carbonyl (C=O) groups excluding carboxylic acids is 1. The lowest BCUT2D eigenvalue weighted by atomic mass is 9.90. The minimum Gasteiger partial charge on any atom is -0.481 e. The molecule has 0 spiro atoms.